The molecule has 10 atom stereocenters. The highest BCUT2D eigenvalue weighted by Gasteiger charge is 2.50. The maximum absolute atomic E-state index is 9.94. The molecule has 11 heteroatoms. The summed E-state index contributed by atoms with van der Waals surface area (Å²) in [5.41, 5.74) is 0. The van der Waals surface area contributed by atoms with Crippen molar-refractivity contribution in [3.8, 4) is 0 Å². The highest BCUT2D eigenvalue weighted by molar-refractivity contribution is 4.93. The van der Waals surface area contributed by atoms with Gasteiger partial charge in [0.15, 0.2) is 12.6 Å². The fraction of sp³-hybridized carbons (Fsp3) is 1.00. The van der Waals surface area contributed by atoms with E-state index in [0.717, 1.165) is 0 Å². The SMILES string of the molecule is OCC1O[C@@H](O)[C@@H](O)C(O)[C@H]1O[C@@H]1OC(CO)[C@H](O)[C@H](O)C1O. The first-order chi connectivity index (χ1) is 10.8. The van der Waals surface area contributed by atoms with E-state index in [-0.39, 0.29) is 0 Å². The van der Waals surface area contributed by atoms with Crippen molar-refractivity contribution < 1.29 is 55.1 Å². The third-order valence-corrected chi connectivity index (χ3v) is 3.98. The van der Waals surface area contributed by atoms with Gasteiger partial charge >= 0.3 is 0 Å². The number of ether oxygens (including phenoxy) is 3. The van der Waals surface area contributed by atoms with Crippen molar-refractivity contribution >= 4 is 0 Å². The summed E-state index contributed by atoms with van der Waals surface area (Å²) in [4.78, 5) is 0. The maximum atomic E-state index is 9.94. The van der Waals surface area contributed by atoms with Crippen LogP contribution in [0.2, 0.25) is 0 Å². The van der Waals surface area contributed by atoms with Crippen LogP contribution < -0.4 is 0 Å². The Morgan fingerprint density at radius 1 is 0.652 bits per heavy atom. The van der Waals surface area contributed by atoms with Gasteiger partial charge in [-0.15, -0.1) is 0 Å². The zero-order chi connectivity index (χ0) is 17.3. The number of aliphatic hydroxyl groups excluding tert-OH is 8. The first-order valence-electron chi connectivity index (χ1n) is 7.08. The van der Waals surface area contributed by atoms with Crippen LogP contribution in [-0.4, -0.2) is 115 Å². The molecule has 23 heavy (non-hydrogen) atoms. The molecule has 0 aromatic heterocycles. The summed E-state index contributed by atoms with van der Waals surface area (Å²) in [6, 6.07) is 0. The Morgan fingerprint density at radius 3 is 1.83 bits per heavy atom. The monoisotopic (exact) mass is 342 g/mol. The molecule has 2 saturated heterocycles. The lowest BCUT2D eigenvalue weighted by Crippen LogP contribution is -2.64. The Morgan fingerprint density at radius 2 is 1.26 bits per heavy atom. The smallest absolute Gasteiger partial charge is 0.187 e. The van der Waals surface area contributed by atoms with Gasteiger partial charge in [0.2, 0.25) is 0 Å². The van der Waals surface area contributed by atoms with Crippen LogP contribution >= 0.6 is 0 Å². The van der Waals surface area contributed by atoms with Gasteiger partial charge in [-0.1, -0.05) is 0 Å². The lowest BCUT2D eigenvalue weighted by molar-refractivity contribution is -0.355. The van der Waals surface area contributed by atoms with Crippen LogP contribution in [0.3, 0.4) is 0 Å². The Kier molecular flexibility index (Phi) is 6.27. The van der Waals surface area contributed by atoms with Gasteiger partial charge in [-0.2, -0.15) is 0 Å². The van der Waals surface area contributed by atoms with Crippen LogP contribution in [0, 0.1) is 0 Å². The van der Waals surface area contributed by atoms with Crippen LogP contribution in [0.15, 0.2) is 0 Å². The molecule has 2 heterocycles. The normalized spacial score (nSPS) is 51.7. The molecule has 2 fully saturated rings. The van der Waals surface area contributed by atoms with Gasteiger partial charge < -0.3 is 55.1 Å². The molecule has 2 rings (SSSR count). The number of rotatable bonds is 4. The molecule has 11 nitrogen and oxygen atoms in total. The molecule has 8 N–H and O–H groups in total. The molecule has 0 aromatic rings. The van der Waals surface area contributed by atoms with Crippen molar-refractivity contribution in [1.29, 1.82) is 0 Å². The Balaban J connectivity index is 2.11. The molecule has 0 bridgehead atoms. The van der Waals surface area contributed by atoms with E-state index in [2.05, 4.69) is 0 Å². The van der Waals surface area contributed by atoms with Gasteiger partial charge in [-0.05, 0) is 0 Å². The van der Waals surface area contributed by atoms with Crippen molar-refractivity contribution in [3.05, 3.63) is 0 Å². The van der Waals surface area contributed by atoms with E-state index in [9.17, 15) is 35.7 Å². The summed E-state index contributed by atoms with van der Waals surface area (Å²) in [5.74, 6) is 0. The predicted octanol–water partition coefficient (Wildman–Crippen LogP) is -5.40. The fourth-order valence-electron chi connectivity index (χ4n) is 2.57. The summed E-state index contributed by atoms with van der Waals surface area (Å²) < 4.78 is 15.3. The third-order valence-electron chi connectivity index (χ3n) is 3.98. The Bertz CT molecular complexity index is 378. The summed E-state index contributed by atoms with van der Waals surface area (Å²) >= 11 is 0. The maximum Gasteiger partial charge on any atom is 0.187 e. The van der Waals surface area contributed by atoms with Crippen molar-refractivity contribution in [2.45, 2.75) is 61.4 Å². The third kappa shape index (κ3) is 3.65. The van der Waals surface area contributed by atoms with Crippen molar-refractivity contribution in [2.75, 3.05) is 13.2 Å². The molecule has 0 saturated carbocycles. The second-order valence-electron chi connectivity index (χ2n) is 5.53. The summed E-state index contributed by atoms with van der Waals surface area (Å²) in [6.07, 6.45) is -15.6. The molecule has 0 aliphatic carbocycles. The van der Waals surface area contributed by atoms with Gasteiger partial charge in [0.25, 0.3) is 0 Å². The van der Waals surface area contributed by atoms with E-state index < -0.39 is 74.6 Å². The minimum absolute atomic E-state index is 0.667. The number of hydrogen-bond donors (Lipinski definition) is 8. The van der Waals surface area contributed by atoms with Crippen LogP contribution in [-0.2, 0) is 14.2 Å². The van der Waals surface area contributed by atoms with Crippen LogP contribution in [0.25, 0.3) is 0 Å². The van der Waals surface area contributed by atoms with Gasteiger partial charge in [-0.3, -0.25) is 0 Å². The molecule has 0 spiro atoms. The number of aliphatic hydroxyl groups is 8. The minimum Gasteiger partial charge on any atom is -0.394 e. The highest BCUT2D eigenvalue weighted by Crippen LogP contribution is 2.28. The Labute approximate surface area is 130 Å². The van der Waals surface area contributed by atoms with E-state index in [4.69, 9.17) is 19.3 Å². The zero-order valence-corrected chi connectivity index (χ0v) is 12.0. The molecule has 4 unspecified atom stereocenters. The van der Waals surface area contributed by atoms with Gasteiger partial charge in [0.1, 0.15) is 48.8 Å². The van der Waals surface area contributed by atoms with Gasteiger partial charge in [-0.25, -0.2) is 0 Å². The standard InChI is InChI=1S/C12H22O11/c13-1-3-5(15)6(16)9(19)12(22-3)23-10-4(2-14)21-11(20)8(18)7(10)17/h3-20H,1-2H2/t3?,4?,5-,6-,7?,8-,9?,10-,11+,12-/m0/s1. The van der Waals surface area contributed by atoms with Gasteiger partial charge in [0, 0.05) is 0 Å². The first-order valence-corrected chi connectivity index (χ1v) is 7.08. The van der Waals surface area contributed by atoms with E-state index in [1.54, 1.807) is 0 Å². The largest absolute Gasteiger partial charge is 0.394 e. The second kappa shape index (κ2) is 7.63. The van der Waals surface area contributed by atoms with Gasteiger partial charge in [0.05, 0.1) is 13.2 Å². The molecule has 2 aliphatic heterocycles. The molecule has 136 valence electrons. The molecule has 0 amide bonds. The lowest BCUT2D eigenvalue weighted by atomic mass is 9.97. The number of hydrogen-bond acceptors (Lipinski definition) is 11. The summed E-state index contributed by atoms with van der Waals surface area (Å²) in [5, 5.41) is 76.5. The molecular formula is C12H22O11. The van der Waals surface area contributed by atoms with E-state index >= 15 is 0 Å². The quantitative estimate of drug-likeness (QED) is 0.243. The molecule has 0 aromatic carbocycles. The average Bonchev–Trinajstić information content (AvgIpc) is 2.55. The first kappa shape index (κ1) is 18.9. The van der Waals surface area contributed by atoms with E-state index in [1.165, 1.54) is 0 Å². The molecular weight excluding hydrogens is 320 g/mol. The zero-order valence-electron chi connectivity index (χ0n) is 12.0. The highest BCUT2D eigenvalue weighted by atomic mass is 16.7. The summed E-state index contributed by atoms with van der Waals surface area (Å²) in [6.45, 7) is -1.35. The minimum atomic E-state index is -1.74. The van der Waals surface area contributed by atoms with Crippen molar-refractivity contribution in [2.24, 2.45) is 0 Å². The predicted molar refractivity (Wildman–Crippen MR) is 68.6 cm³/mol. The van der Waals surface area contributed by atoms with Crippen LogP contribution in [0.4, 0.5) is 0 Å². The molecule has 2 aliphatic rings. The second-order valence-corrected chi connectivity index (χ2v) is 5.53. The lowest BCUT2D eigenvalue weighted by Gasteiger charge is -2.45. The van der Waals surface area contributed by atoms with Crippen molar-refractivity contribution in [1.82, 2.24) is 0 Å². The van der Waals surface area contributed by atoms with Crippen molar-refractivity contribution in [3.63, 3.8) is 0 Å². The fourth-order valence-corrected chi connectivity index (χ4v) is 2.57. The van der Waals surface area contributed by atoms with E-state index in [0.29, 0.717) is 0 Å². The van der Waals surface area contributed by atoms with Crippen LogP contribution in [0.5, 0.6) is 0 Å². The van der Waals surface area contributed by atoms with E-state index in [1.807, 2.05) is 0 Å². The Hall–Kier alpha value is -0.440. The van der Waals surface area contributed by atoms with Crippen LogP contribution in [0.1, 0.15) is 0 Å². The summed E-state index contributed by atoms with van der Waals surface area (Å²) in [7, 11) is 0. The topological polar surface area (TPSA) is 190 Å². The average molecular weight is 342 g/mol. The molecule has 0 radical (unpaired) electrons.